The summed E-state index contributed by atoms with van der Waals surface area (Å²) in [6, 6.07) is 7.65. The van der Waals surface area contributed by atoms with Gasteiger partial charge in [0.1, 0.15) is 0 Å². The third-order valence-electron chi connectivity index (χ3n) is 1.05. The minimum atomic E-state index is -3.75. The molecule has 0 bridgehead atoms. The van der Waals surface area contributed by atoms with Crippen molar-refractivity contribution in [3.63, 3.8) is 0 Å². The van der Waals surface area contributed by atoms with Crippen LogP contribution in [0.1, 0.15) is 0 Å². The molecular weight excluding hydrogens is 258 g/mol. The van der Waals surface area contributed by atoms with Gasteiger partial charge >= 0.3 is 22.4 Å². The Morgan fingerprint density at radius 2 is 1.55 bits per heavy atom. The summed E-state index contributed by atoms with van der Waals surface area (Å²) in [7, 11) is -3.75. The summed E-state index contributed by atoms with van der Waals surface area (Å²) in [6.45, 7) is 0. The second-order valence-corrected chi connectivity index (χ2v) is 3.29. The molecule has 0 fully saturated rings. The van der Waals surface area contributed by atoms with Gasteiger partial charge in [0.2, 0.25) is 0 Å². The Morgan fingerprint density at radius 1 is 1.09 bits per heavy atom. The maximum atomic E-state index is 10.5. The molecular formula is C6H6AgNO2S. The topological polar surface area (TPSA) is 57.9 Å². The van der Waals surface area contributed by atoms with Gasteiger partial charge in [0.05, 0.1) is 10.0 Å². The molecule has 0 saturated heterocycles. The predicted molar refractivity (Wildman–Crippen MR) is 37.9 cm³/mol. The Kier molecular flexibility index (Phi) is 3.99. The van der Waals surface area contributed by atoms with Gasteiger partial charge < -0.3 is 5.14 Å². The second-order valence-electron chi connectivity index (χ2n) is 1.82. The van der Waals surface area contributed by atoms with Gasteiger partial charge in [-0.2, -0.15) is 0 Å². The van der Waals surface area contributed by atoms with Gasteiger partial charge in [0.25, 0.3) is 0 Å². The van der Waals surface area contributed by atoms with E-state index in [1.165, 1.54) is 12.1 Å². The Hall–Kier alpha value is -0.130. The maximum absolute atomic E-state index is 10.5. The Morgan fingerprint density at radius 3 is 1.82 bits per heavy atom. The van der Waals surface area contributed by atoms with E-state index in [9.17, 15) is 8.42 Å². The van der Waals surface area contributed by atoms with Gasteiger partial charge in [-0.3, -0.25) is 0 Å². The first-order valence-electron chi connectivity index (χ1n) is 2.65. The smallest absolute Gasteiger partial charge is 0.560 e. The summed E-state index contributed by atoms with van der Waals surface area (Å²) in [5, 5.41) is 6.65. The number of sulfonamides is 1. The number of hydrogen-bond donors (Lipinski definition) is 0. The van der Waals surface area contributed by atoms with Gasteiger partial charge in [0, 0.05) is 4.90 Å². The van der Waals surface area contributed by atoms with Crippen LogP contribution in [0.3, 0.4) is 0 Å². The molecule has 1 rings (SSSR count). The number of hydrogen-bond acceptors (Lipinski definition) is 2. The number of nitrogens with one attached hydrogen (secondary N) is 1. The normalized spacial score (nSPS) is 10.3. The fraction of sp³-hybridized carbons (Fsp3) is 0. The molecule has 1 aromatic carbocycles. The SMILES string of the molecule is [Ag+].[NH-]S(=O)(=O)c1ccccc1. The van der Waals surface area contributed by atoms with Gasteiger partial charge in [-0.05, 0) is 12.1 Å². The number of benzene rings is 1. The van der Waals surface area contributed by atoms with Gasteiger partial charge in [-0.1, -0.05) is 18.2 Å². The molecule has 0 heterocycles. The van der Waals surface area contributed by atoms with E-state index in [-0.39, 0.29) is 27.3 Å². The van der Waals surface area contributed by atoms with Crippen LogP contribution in [-0.2, 0) is 32.4 Å². The van der Waals surface area contributed by atoms with Crippen molar-refractivity contribution in [2.45, 2.75) is 4.90 Å². The number of rotatable bonds is 1. The summed E-state index contributed by atoms with van der Waals surface area (Å²) >= 11 is 0. The first-order valence-corrected chi connectivity index (χ1v) is 4.14. The summed E-state index contributed by atoms with van der Waals surface area (Å²) in [4.78, 5) is 0.0370. The summed E-state index contributed by atoms with van der Waals surface area (Å²) in [5.41, 5.74) is 0. The molecule has 1 aromatic rings. The molecule has 0 aromatic heterocycles. The van der Waals surface area contributed by atoms with Crippen molar-refractivity contribution >= 4 is 10.0 Å². The van der Waals surface area contributed by atoms with Crippen LogP contribution < -0.4 is 0 Å². The van der Waals surface area contributed by atoms with E-state index >= 15 is 0 Å². The van der Waals surface area contributed by atoms with E-state index in [1.807, 2.05) is 0 Å². The molecule has 0 saturated carbocycles. The van der Waals surface area contributed by atoms with Crippen LogP contribution in [0.15, 0.2) is 35.2 Å². The first kappa shape index (κ1) is 10.9. The van der Waals surface area contributed by atoms with Crippen molar-refractivity contribution in [3.05, 3.63) is 35.5 Å². The van der Waals surface area contributed by atoms with Crippen LogP contribution in [0, 0.1) is 0 Å². The Labute approximate surface area is 81.2 Å². The quantitative estimate of drug-likeness (QED) is 0.720. The van der Waals surface area contributed by atoms with E-state index in [0.29, 0.717) is 0 Å². The summed E-state index contributed by atoms with van der Waals surface area (Å²) in [5.74, 6) is 0. The maximum Gasteiger partial charge on any atom is 1.00 e. The van der Waals surface area contributed by atoms with Crippen molar-refractivity contribution in [1.29, 1.82) is 0 Å². The molecule has 0 aliphatic carbocycles. The minimum Gasteiger partial charge on any atom is -0.560 e. The van der Waals surface area contributed by atoms with Crippen LogP contribution in [0.5, 0.6) is 0 Å². The second kappa shape index (κ2) is 4.04. The molecule has 0 aliphatic rings. The molecule has 11 heavy (non-hydrogen) atoms. The van der Waals surface area contributed by atoms with E-state index in [0.717, 1.165) is 0 Å². The van der Waals surface area contributed by atoms with Crippen LogP contribution in [0.25, 0.3) is 5.14 Å². The van der Waals surface area contributed by atoms with E-state index in [1.54, 1.807) is 18.2 Å². The zero-order valence-corrected chi connectivity index (χ0v) is 7.71. The third kappa shape index (κ3) is 3.18. The fourth-order valence-electron chi connectivity index (χ4n) is 0.600. The van der Waals surface area contributed by atoms with Crippen LogP contribution in [0.2, 0.25) is 0 Å². The zero-order valence-electron chi connectivity index (χ0n) is 5.41. The van der Waals surface area contributed by atoms with E-state index in [4.69, 9.17) is 5.14 Å². The van der Waals surface area contributed by atoms with E-state index in [2.05, 4.69) is 0 Å². The van der Waals surface area contributed by atoms with Crippen LogP contribution in [-0.4, -0.2) is 8.42 Å². The predicted octanol–water partition coefficient (Wildman–Crippen LogP) is 1.43. The summed E-state index contributed by atoms with van der Waals surface area (Å²) < 4.78 is 21.0. The molecule has 64 valence electrons. The van der Waals surface area contributed by atoms with Crippen molar-refractivity contribution in [2.24, 2.45) is 0 Å². The molecule has 5 heteroatoms. The molecule has 0 atom stereocenters. The average Bonchev–Trinajstić information content (AvgIpc) is 1.88. The fourth-order valence-corrected chi connectivity index (χ4v) is 1.12. The van der Waals surface area contributed by atoms with E-state index < -0.39 is 10.0 Å². The molecule has 0 unspecified atom stereocenters. The van der Waals surface area contributed by atoms with Crippen molar-refractivity contribution in [1.82, 2.24) is 0 Å². The minimum absolute atomic E-state index is 0. The van der Waals surface area contributed by atoms with Crippen LogP contribution in [0.4, 0.5) is 0 Å². The molecule has 0 amide bonds. The Balaban J connectivity index is 0.000001000. The van der Waals surface area contributed by atoms with Crippen LogP contribution >= 0.6 is 0 Å². The largest absolute Gasteiger partial charge is 1.00 e. The van der Waals surface area contributed by atoms with Crippen molar-refractivity contribution in [3.8, 4) is 0 Å². The van der Waals surface area contributed by atoms with Gasteiger partial charge in [0.15, 0.2) is 0 Å². The Bertz CT molecular complexity index is 309. The molecule has 0 radical (unpaired) electrons. The average molecular weight is 264 g/mol. The molecule has 3 nitrogen and oxygen atoms in total. The van der Waals surface area contributed by atoms with Crippen molar-refractivity contribution in [2.75, 3.05) is 0 Å². The third-order valence-corrected chi connectivity index (χ3v) is 1.95. The zero-order chi connectivity index (χ0) is 7.61. The van der Waals surface area contributed by atoms with Gasteiger partial charge in [-0.15, -0.1) is 0 Å². The molecule has 1 N–H and O–H groups in total. The monoisotopic (exact) mass is 263 g/mol. The summed E-state index contributed by atoms with van der Waals surface area (Å²) in [6.07, 6.45) is 0. The standard InChI is InChI=1S/C6H6NO2S.Ag/c7-10(8,9)6-4-2-1-3-5-6;/h1-5H,(H-,7,8,9);/q-1;+1. The molecule has 0 spiro atoms. The van der Waals surface area contributed by atoms with Gasteiger partial charge in [-0.25, -0.2) is 8.42 Å². The molecule has 0 aliphatic heterocycles. The first-order chi connectivity index (χ1) is 4.61. The van der Waals surface area contributed by atoms with Crippen molar-refractivity contribution < 1.29 is 30.8 Å².